The lowest BCUT2D eigenvalue weighted by Gasteiger charge is -2.23. The third-order valence-corrected chi connectivity index (χ3v) is 5.22. The van der Waals surface area contributed by atoms with Crippen LogP contribution >= 0.6 is 11.3 Å². The highest BCUT2D eigenvalue weighted by atomic mass is 32.1. The van der Waals surface area contributed by atoms with E-state index in [2.05, 4.69) is 10.3 Å². The third-order valence-electron chi connectivity index (χ3n) is 4.23. The molecule has 0 atom stereocenters. The maximum atomic E-state index is 12.9. The summed E-state index contributed by atoms with van der Waals surface area (Å²) >= 11 is 1.37. The second kappa shape index (κ2) is 10.1. The van der Waals surface area contributed by atoms with Crippen molar-refractivity contribution in [3.63, 3.8) is 0 Å². The molecule has 0 aliphatic rings. The van der Waals surface area contributed by atoms with Crippen LogP contribution < -0.4 is 5.32 Å². The SMILES string of the molecule is Cc1nc(NC(=O)CN(CCCN(C)C)C(=O)c2cccc([N+](=O)[O-])c2)sc1C. The number of carbonyl (C=O) groups is 2. The van der Waals surface area contributed by atoms with Gasteiger partial charge in [-0.25, -0.2) is 4.98 Å². The van der Waals surface area contributed by atoms with E-state index in [4.69, 9.17) is 0 Å². The molecule has 10 heteroatoms. The van der Waals surface area contributed by atoms with Crippen LogP contribution in [0.3, 0.4) is 0 Å². The first-order valence-corrected chi connectivity index (χ1v) is 9.91. The predicted molar refractivity (Wildman–Crippen MR) is 112 cm³/mol. The molecule has 1 aromatic carbocycles. The number of nitrogens with one attached hydrogen (secondary N) is 1. The summed E-state index contributed by atoms with van der Waals surface area (Å²) in [5.41, 5.74) is 0.862. The molecule has 156 valence electrons. The van der Waals surface area contributed by atoms with Crippen LogP contribution in [0, 0.1) is 24.0 Å². The normalized spacial score (nSPS) is 10.8. The fraction of sp³-hybridized carbons (Fsp3) is 0.421. The van der Waals surface area contributed by atoms with Gasteiger partial charge in [-0.1, -0.05) is 6.07 Å². The van der Waals surface area contributed by atoms with E-state index >= 15 is 0 Å². The van der Waals surface area contributed by atoms with Crippen molar-refractivity contribution >= 4 is 34.0 Å². The van der Waals surface area contributed by atoms with Gasteiger partial charge in [-0.15, -0.1) is 11.3 Å². The Morgan fingerprint density at radius 3 is 2.55 bits per heavy atom. The fourth-order valence-corrected chi connectivity index (χ4v) is 3.45. The Morgan fingerprint density at radius 2 is 1.97 bits per heavy atom. The van der Waals surface area contributed by atoms with Crippen LogP contribution in [0.25, 0.3) is 0 Å². The smallest absolute Gasteiger partial charge is 0.270 e. The average Bonchev–Trinajstić information content (AvgIpc) is 2.97. The van der Waals surface area contributed by atoms with Gasteiger partial charge in [-0.05, 0) is 47.0 Å². The zero-order chi connectivity index (χ0) is 21.6. The molecular formula is C19H25N5O4S. The maximum absolute atomic E-state index is 12.9. The Balaban J connectivity index is 2.14. The van der Waals surface area contributed by atoms with Crippen molar-refractivity contribution in [2.24, 2.45) is 0 Å². The zero-order valence-electron chi connectivity index (χ0n) is 17.0. The number of aryl methyl sites for hydroxylation is 2. The molecule has 0 spiro atoms. The second-order valence-electron chi connectivity index (χ2n) is 6.90. The molecule has 29 heavy (non-hydrogen) atoms. The summed E-state index contributed by atoms with van der Waals surface area (Å²) < 4.78 is 0. The standard InChI is InChI=1S/C19H25N5O4S/c1-13-14(2)29-19(20-13)21-17(25)12-23(10-6-9-22(3)4)18(26)15-7-5-8-16(11-15)24(27)28/h5,7-8,11H,6,9-10,12H2,1-4H3,(H,20,21,25). The van der Waals surface area contributed by atoms with Crippen molar-refractivity contribution in [2.45, 2.75) is 20.3 Å². The molecule has 0 saturated heterocycles. The zero-order valence-corrected chi connectivity index (χ0v) is 17.8. The minimum atomic E-state index is -0.549. The molecule has 0 bridgehead atoms. The van der Waals surface area contributed by atoms with Crippen LogP contribution in [0.5, 0.6) is 0 Å². The van der Waals surface area contributed by atoms with Crippen LogP contribution in [-0.4, -0.2) is 65.3 Å². The Hall–Kier alpha value is -2.85. The number of carbonyl (C=O) groups excluding carboxylic acids is 2. The molecular weight excluding hydrogens is 394 g/mol. The summed E-state index contributed by atoms with van der Waals surface area (Å²) in [4.78, 5) is 44.6. The topological polar surface area (TPSA) is 109 Å². The fourth-order valence-electron chi connectivity index (χ4n) is 2.62. The van der Waals surface area contributed by atoms with Crippen molar-refractivity contribution < 1.29 is 14.5 Å². The molecule has 2 aromatic rings. The summed E-state index contributed by atoms with van der Waals surface area (Å²) in [6.07, 6.45) is 0.663. The number of aromatic nitrogens is 1. The van der Waals surface area contributed by atoms with Gasteiger partial charge >= 0.3 is 0 Å². The van der Waals surface area contributed by atoms with Crippen LogP contribution in [-0.2, 0) is 4.79 Å². The van der Waals surface area contributed by atoms with Gasteiger partial charge < -0.3 is 15.1 Å². The Kier molecular flexibility index (Phi) is 7.80. The van der Waals surface area contributed by atoms with E-state index in [0.717, 1.165) is 17.1 Å². The molecule has 0 radical (unpaired) electrons. The van der Waals surface area contributed by atoms with Gasteiger partial charge in [0.25, 0.3) is 11.6 Å². The van der Waals surface area contributed by atoms with Crippen molar-refractivity contribution in [3.8, 4) is 0 Å². The van der Waals surface area contributed by atoms with Gasteiger partial charge in [0, 0.05) is 29.1 Å². The quantitative estimate of drug-likeness (QED) is 0.494. The van der Waals surface area contributed by atoms with Crippen LogP contribution in [0.2, 0.25) is 0 Å². The van der Waals surface area contributed by atoms with Crippen LogP contribution in [0.15, 0.2) is 24.3 Å². The Morgan fingerprint density at radius 1 is 1.24 bits per heavy atom. The number of nitro groups is 1. The average molecular weight is 420 g/mol. The molecule has 0 aliphatic heterocycles. The number of nitro benzene ring substituents is 1. The van der Waals surface area contributed by atoms with Crippen molar-refractivity contribution in [2.75, 3.05) is 39.0 Å². The van der Waals surface area contributed by atoms with Gasteiger partial charge in [-0.2, -0.15) is 0 Å². The van der Waals surface area contributed by atoms with Crippen molar-refractivity contribution in [3.05, 3.63) is 50.5 Å². The summed E-state index contributed by atoms with van der Waals surface area (Å²) in [5, 5.41) is 14.2. The van der Waals surface area contributed by atoms with Crippen molar-refractivity contribution in [1.82, 2.24) is 14.8 Å². The van der Waals surface area contributed by atoms with E-state index in [9.17, 15) is 19.7 Å². The number of benzene rings is 1. The van der Waals surface area contributed by atoms with Crippen LogP contribution in [0.1, 0.15) is 27.3 Å². The number of hydrogen-bond acceptors (Lipinski definition) is 7. The van der Waals surface area contributed by atoms with Gasteiger partial charge in [-0.3, -0.25) is 19.7 Å². The molecule has 1 N–H and O–H groups in total. The summed E-state index contributed by atoms with van der Waals surface area (Å²) in [7, 11) is 3.85. The monoisotopic (exact) mass is 419 g/mol. The lowest BCUT2D eigenvalue weighted by Crippen LogP contribution is -2.39. The molecule has 2 amide bonds. The highest BCUT2D eigenvalue weighted by molar-refractivity contribution is 7.15. The van der Waals surface area contributed by atoms with E-state index in [1.165, 1.54) is 40.5 Å². The second-order valence-corrected chi connectivity index (χ2v) is 8.10. The minimum Gasteiger partial charge on any atom is -0.329 e. The summed E-state index contributed by atoms with van der Waals surface area (Å²) in [6, 6.07) is 5.53. The molecule has 0 fully saturated rings. The van der Waals surface area contributed by atoms with E-state index < -0.39 is 10.8 Å². The first kappa shape index (κ1) is 22.4. The minimum absolute atomic E-state index is 0.160. The number of thiazole rings is 1. The number of rotatable bonds is 9. The van der Waals surface area contributed by atoms with Crippen molar-refractivity contribution in [1.29, 1.82) is 0 Å². The molecule has 9 nitrogen and oxygen atoms in total. The third kappa shape index (κ3) is 6.61. The van der Waals surface area contributed by atoms with Gasteiger partial charge in [0.15, 0.2) is 5.13 Å². The number of anilines is 1. The van der Waals surface area contributed by atoms with E-state index in [1.54, 1.807) is 0 Å². The van der Waals surface area contributed by atoms with Gasteiger partial charge in [0.1, 0.15) is 6.54 Å². The summed E-state index contributed by atoms with van der Waals surface area (Å²) in [6.45, 7) is 4.71. The van der Waals surface area contributed by atoms with Gasteiger partial charge in [0.05, 0.1) is 10.6 Å². The number of hydrogen-bond donors (Lipinski definition) is 1. The number of nitrogens with zero attached hydrogens (tertiary/aromatic N) is 4. The lowest BCUT2D eigenvalue weighted by atomic mass is 10.1. The lowest BCUT2D eigenvalue weighted by molar-refractivity contribution is -0.384. The largest absolute Gasteiger partial charge is 0.329 e. The Bertz CT molecular complexity index is 877. The number of non-ortho nitro benzene ring substituents is 1. The molecule has 1 heterocycles. The molecule has 2 rings (SSSR count). The van der Waals surface area contributed by atoms with E-state index in [1.807, 2.05) is 32.8 Å². The first-order valence-electron chi connectivity index (χ1n) is 9.09. The Labute approximate surface area is 173 Å². The molecule has 1 aromatic heterocycles. The molecule has 0 unspecified atom stereocenters. The molecule has 0 aliphatic carbocycles. The number of amides is 2. The van der Waals surface area contributed by atoms with E-state index in [0.29, 0.717) is 18.1 Å². The predicted octanol–water partition coefficient (Wildman–Crippen LogP) is 2.70. The highest BCUT2D eigenvalue weighted by Gasteiger charge is 2.21. The highest BCUT2D eigenvalue weighted by Crippen LogP contribution is 2.21. The van der Waals surface area contributed by atoms with Crippen LogP contribution in [0.4, 0.5) is 10.8 Å². The molecule has 0 saturated carbocycles. The van der Waals surface area contributed by atoms with Gasteiger partial charge in [0.2, 0.25) is 5.91 Å². The first-order chi connectivity index (χ1) is 13.7. The summed E-state index contributed by atoms with van der Waals surface area (Å²) in [5.74, 6) is -0.781. The van der Waals surface area contributed by atoms with E-state index in [-0.39, 0.29) is 23.7 Å². The maximum Gasteiger partial charge on any atom is 0.270 e.